The fourth-order valence-corrected chi connectivity index (χ4v) is 6.75. The van der Waals surface area contributed by atoms with Crippen molar-refractivity contribution >= 4 is 51.5 Å². The largest absolute Gasteiger partial charge is 0.346 e. The van der Waals surface area contributed by atoms with Crippen LogP contribution < -0.4 is 21.3 Å². The Balaban J connectivity index is 3.36. The molecule has 1 aliphatic rings. The highest BCUT2D eigenvalue weighted by atomic mass is 32.2. The van der Waals surface area contributed by atoms with Crippen molar-refractivity contribution in [3.63, 3.8) is 0 Å². The van der Waals surface area contributed by atoms with Crippen molar-refractivity contribution in [1.82, 2.24) is 34.8 Å². The van der Waals surface area contributed by atoms with Crippen molar-refractivity contribution in [3.05, 3.63) is 24.6 Å². The Hall–Kier alpha value is -2.95. The third kappa shape index (κ3) is 11.6. The average Bonchev–Trinajstić information content (AvgIpc) is 3.42. The summed E-state index contributed by atoms with van der Waals surface area (Å²) in [6, 6.07) is -3.36. The fourth-order valence-electron chi connectivity index (χ4n) is 5.25. The van der Waals surface area contributed by atoms with E-state index in [0.717, 1.165) is 20.4 Å². The first-order chi connectivity index (χ1) is 21.9. The summed E-state index contributed by atoms with van der Waals surface area (Å²) in [6.45, 7) is 22.3. The molecule has 0 radical (unpaired) electrons. The maximum atomic E-state index is 14.3. The van der Waals surface area contributed by atoms with Crippen molar-refractivity contribution < 1.29 is 32.4 Å². The van der Waals surface area contributed by atoms with E-state index in [1.54, 1.807) is 20.8 Å². The highest BCUT2D eigenvalue weighted by Crippen LogP contribution is 2.34. The first-order valence-electron chi connectivity index (χ1n) is 15.9. The number of thioether (sulfide) groups is 1. The van der Waals surface area contributed by atoms with E-state index in [1.807, 2.05) is 34.6 Å². The molecule has 5 amide bonds. The van der Waals surface area contributed by atoms with Gasteiger partial charge in [0.1, 0.15) is 17.5 Å². The summed E-state index contributed by atoms with van der Waals surface area (Å²) in [7, 11) is 0.521. The second-order valence-electron chi connectivity index (χ2n) is 14.6. The summed E-state index contributed by atoms with van der Waals surface area (Å²) < 4.78 is 27.6. The summed E-state index contributed by atoms with van der Waals surface area (Å²) in [5, 5.41) is 10.8. The van der Waals surface area contributed by atoms with E-state index >= 15 is 0 Å². The molecular formula is C32H57N7O7S2. The molecule has 5 atom stereocenters. The van der Waals surface area contributed by atoms with Crippen molar-refractivity contribution in [2.75, 3.05) is 40.8 Å². The molecule has 1 aliphatic heterocycles. The maximum absolute atomic E-state index is 14.3. The average molecular weight is 716 g/mol. The molecule has 0 aliphatic carbocycles. The summed E-state index contributed by atoms with van der Waals surface area (Å²) in [5.74, 6) is -3.13. The molecule has 0 spiro atoms. The molecular weight excluding hydrogens is 659 g/mol. The predicted molar refractivity (Wildman–Crippen MR) is 190 cm³/mol. The minimum absolute atomic E-state index is 0.0111. The number of carbonyl (C=O) groups excluding carboxylic acids is 5. The van der Waals surface area contributed by atoms with Crippen molar-refractivity contribution in [2.24, 2.45) is 22.7 Å². The van der Waals surface area contributed by atoms with Gasteiger partial charge in [0.25, 0.3) is 21.9 Å². The molecule has 1 unspecified atom stereocenters. The van der Waals surface area contributed by atoms with Crippen LogP contribution in [0.15, 0.2) is 24.6 Å². The van der Waals surface area contributed by atoms with Crippen LogP contribution in [-0.2, 0) is 29.4 Å². The molecule has 0 aromatic rings. The molecule has 48 heavy (non-hydrogen) atoms. The second-order valence-corrected chi connectivity index (χ2v) is 18.0. The fraction of sp³-hybridized carbons (Fsp3) is 0.719. The number of likely N-dealkylation sites (N-methyl/N-ethyl adjacent to an activating group) is 1. The zero-order valence-corrected chi connectivity index (χ0v) is 32.0. The third-order valence-corrected chi connectivity index (χ3v) is 10.9. The summed E-state index contributed by atoms with van der Waals surface area (Å²) in [4.78, 5) is 68.4. The minimum atomic E-state index is -3.75. The smallest absolute Gasteiger partial charge is 0.315 e. The predicted octanol–water partition coefficient (Wildman–Crippen LogP) is 1.92. The molecule has 1 heterocycles. The summed E-state index contributed by atoms with van der Waals surface area (Å²) in [6.07, 6.45) is 1.93. The van der Waals surface area contributed by atoms with Crippen LogP contribution >= 0.6 is 11.8 Å². The van der Waals surface area contributed by atoms with Gasteiger partial charge in [-0.3, -0.25) is 19.2 Å². The molecule has 14 nitrogen and oxygen atoms in total. The van der Waals surface area contributed by atoms with E-state index in [0.29, 0.717) is 6.42 Å². The Kier molecular flexibility index (Phi) is 15.8. The Morgan fingerprint density at radius 1 is 0.958 bits per heavy atom. The highest BCUT2D eigenvalue weighted by Gasteiger charge is 2.48. The summed E-state index contributed by atoms with van der Waals surface area (Å²) >= 11 is 0.869. The van der Waals surface area contributed by atoms with Gasteiger partial charge in [0.2, 0.25) is 11.8 Å². The van der Waals surface area contributed by atoms with Crippen LogP contribution in [0, 0.1) is 22.7 Å². The molecule has 1 fully saturated rings. The topological polar surface area (TPSA) is 177 Å². The van der Waals surface area contributed by atoms with Crippen LogP contribution in [0.1, 0.15) is 61.8 Å². The number of urea groups is 1. The van der Waals surface area contributed by atoms with Crippen LogP contribution in [0.5, 0.6) is 0 Å². The Labute approximate surface area is 291 Å². The van der Waals surface area contributed by atoms with Crippen molar-refractivity contribution in [1.29, 1.82) is 0 Å². The van der Waals surface area contributed by atoms with Gasteiger partial charge in [-0.05, 0) is 34.5 Å². The standard InChI is InChI=1S/C32H57N7O7S2/c1-14-17-33-27(42)24(40)28(47-15-2)36-26(41)23-21(20(3)4)16-18-39(23)29(43)25(32(8,9)10)35-30(44)34-22(31(5,6)7)19-38(13)48(45,46)37(11)12/h14-15,20-23,25,28H,1-2,16-19H2,3-13H3,(H,33,42)(H,36,41)(H2,34,35,44)/t21-,22-,23+,25-,28?/m1/s1. The van der Waals surface area contributed by atoms with Crippen LogP contribution in [-0.4, -0.2) is 116 Å². The number of ketones is 1. The Morgan fingerprint density at radius 2 is 1.54 bits per heavy atom. The monoisotopic (exact) mass is 715 g/mol. The quantitative estimate of drug-likeness (QED) is 0.106. The van der Waals surface area contributed by atoms with Gasteiger partial charge in [0, 0.05) is 46.8 Å². The molecule has 0 bridgehead atoms. The van der Waals surface area contributed by atoms with E-state index in [1.165, 1.54) is 37.5 Å². The molecule has 16 heteroatoms. The lowest BCUT2D eigenvalue weighted by Crippen LogP contribution is -2.62. The molecule has 0 aromatic heterocycles. The lowest BCUT2D eigenvalue weighted by atomic mass is 9.84. The maximum Gasteiger partial charge on any atom is 0.315 e. The third-order valence-electron chi connectivity index (χ3n) is 8.26. The van der Waals surface area contributed by atoms with Crippen molar-refractivity contribution in [2.45, 2.75) is 85.3 Å². The number of carbonyl (C=O) groups is 5. The van der Waals surface area contributed by atoms with Crippen LogP contribution in [0.3, 0.4) is 0 Å². The first kappa shape index (κ1) is 43.1. The zero-order chi connectivity index (χ0) is 37.4. The molecule has 0 aromatic carbocycles. The van der Waals surface area contributed by atoms with Gasteiger partial charge >= 0.3 is 6.03 Å². The van der Waals surface area contributed by atoms with Crippen LogP contribution in [0.25, 0.3) is 0 Å². The van der Waals surface area contributed by atoms with E-state index in [2.05, 4.69) is 34.4 Å². The Bertz CT molecular complexity index is 1310. The second kappa shape index (κ2) is 17.6. The van der Waals surface area contributed by atoms with Crippen LogP contribution in [0.4, 0.5) is 4.79 Å². The molecule has 0 saturated carbocycles. The van der Waals surface area contributed by atoms with E-state index in [-0.39, 0.29) is 31.5 Å². The number of nitrogens with zero attached hydrogens (tertiary/aromatic N) is 3. The van der Waals surface area contributed by atoms with Gasteiger partial charge in [0.05, 0.1) is 0 Å². The number of hydrogen-bond donors (Lipinski definition) is 4. The SMILES string of the molecule is C=CCNC(=O)C(=O)C(NC(=O)[C@@H]1[C@@H](C(C)C)CCN1C(=O)[C@@H](NC(=O)N[C@H](CN(C)S(=O)(=O)N(C)C)C(C)(C)C)C(C)(C)C)SC=C. The van der Waals surface area contributed by atoms with E-state index < -0.39 is 74.1 Å². The van der Waals surface area contributed by atoms with Gasteiger partial charge in [-0.1, -0.05) is 68.0 Å². The number of likely N-dealkylation sites (tertiary alicyclic amines) is 1. The lowest BCUT2D eigenvalue weighted by molar-refractivity contribution is -0.144. The highest BCUT2D eigenvalue weighted by molar-refractivity contribution is 8.03. The first-order valence-corrected chi connectivity index (χ1v) is 18.3. The molecule has 1 rings (SSSR count). The van der Waals surface area contributed by atoms with Gasteiger partial charge in [-0.25, -0.2) is 4.79 Å². The molecule has 4 N–H and O–H groups in total. The zero-order valence-electron chi connectivity index (χ0n) is 30.4. The normalized spacial score (nSPS) is 19.0. The molecule has 1 saturated heterocycles. The summed E-state index contributed by atoms with van der Waals surface area (Å²) in [5.41, 5.74) is -1.36. The van der Waals surface area contributed by atoms with Gasteiger partial charge in [-0.15, -0.1) is 18.3 Å². The Morgan fingerprint density at radius 3 is 2.00 bits per heavy atom. The van der Waals surface area contributed by atoms with Gasteiger partial charge in [-0.2, -0.15) is 17.0 Å². The van der Waals surface area contributed by atoms with E-state index in [4.69, 9.17) is 0 Å². The lowest BCUT2D eigenvalue weighted by Gasteiger charge is -2.38. The van der Waals surface area contributed by atoms with Crippen LogP contribution in [0.2, 0.25) is 0 Å². The number of rotatable bonds is 16. The number of nitrogens with one attached hydrogen (secondary N) is 4. The van der Waals surface area contributed by atoms with E-state index in [9.17, 15) is 32.4 Å². The van der Waals surface area contributed by atoms with Crippen molar-refractivity contribution in [3.8, 4) is 0 Å². The minimum Gasteiger partial charge on any atom is -0.346 e. The number of hydrogen-bond acceptors (Lipinski definition) is 8. The van der Waals surface area contributed by atoms with Gasteiger partial charge < -0.3 is 26.2 Å². The van der Waals surface area contributed by atoms with Gasteiger partial charge in [0.15, 0.2) is 0 Å². The number of amides is 5. The molecule has 274 valence electrons. The number of Topliss-reactive ketones (excluding diaryl/α,β-unsaturated/α-hetero) is 1.